The molecule has 6 nitrogen and oxygen atoms in total. The molecule has 3 aromatic rings. The third-order valence-corrected chi connectivity index (χ3v) is 7.17. The van der Waals surface area contributed by atoms with Crippen molar-refractivity contribution in [2.75, 3.05) is 17.7 Å². The van der Waals surface area contributed by atoms with E-state index in [0.717, 1.165) is 22.5 Å². The molecule has 0 saturated carbocycles. The molecule has 3 rings (SSSR count). The van der Waals surface area contributed by atoms with Crippen LogP contribution in [0.1, 0.15) is 28.8 Å². The highest BCUT2D eigenvalue weighted by Gasteiger charge is 2.22. The van der Waals surface area contributed by atoms with E-state index >= 15 is 0 Å². The van der Waals surface area contributed by atoms with Crippen molar-refractivity contribution in [1.29, 1.82) is 0 Å². The van der Waals surface area contributed by atoms with Crippen LogP contribution in [0.5, 0.6) is 0 Å². The van der Waals surface area contributed by atoms with E-state index in [-0.39, 0.29) is 23.0 Å². The fourth-order valence-electron chi connectivity index (χ4n) is 3.17. The van der Waals surface area contributed by atoms with E-state index < -0.39 is 9.84 Å². The van der Waals surface area contributed by atoms with Crippen LogP contribution >= 0.6 is 0 Å². The van der Waals surface area contributed by atoms with Crippen molar-refractivity contribution in [3.05, 3.63) is 64.8 Å². The number of aromatic nitrogens is 1. The average molecular weight is 427 g/mol. The van der Waals surface area contributed by atoms with Crippen LogP contribution in [0.25, 0.3) is 11.3 Å². The lowest BCUT2D eigenvalue weighted by Gasteiger charge is -2.18. The lowest BCUT2D eigenvalue weighted by Crippen LogP contribution is -2.28. The van der Waals surface area contributed by atoms with Crippen molar-refractivity contribution in [2.24, 2.45) is 0 Å². The van der Waals surface area contributed by atoms with Gasteiger partial charge >= 0.3 is 0 Å². The Labute approximate surface area is 177 Å². The van der Waals surface area contributed by atoms with Gasteiger partial charge in [0, 0.05) is 30.3 Å². The first kappa shape index (κ1) is 21.8. The molecule has 0 bridgehead atoms. The predicted octanol–water partition coefficient (Wildman–Crippen LogP) is 4.40. The van der Waals surface area contributed by atoms with E-state index in [1.54, 1.807) is 26.1 Å². The van der Waals surface area contributed by atoms with Crippen LogP contribution in [0.3, 0.4) is 0 Å². The number of amides is 1. The number of benzene rings is 2. The molecule has 30 heavy (non-hydrogen) atoms. The summed E-state index contributed by atoms with van der Waals surface area (Å²) in [4.78, 5) is 14.3. The molecule has 0 aliphatic carbocycles. The summed E-state index contributed by atoms with van der Waals surface area (Å²) >= 11 is 0. The monoisotopic (exact) mass is 426 g/mol. The molecule has 0 aliphatic rings. The Bertz CT molecular complexity index is 1180. The van der Waals surface area contributed by atoms with Crippen LogP contribution < -0.4 is 4.90 Å². The summed E-state index contributed by atoms with van der Waals surface area (Å²) in [5, 5.41) is 3.95. The third kappa shape index (κ3) is 4.46. The van der Waals surface area contributed by atoms with E-state index in [1.807, 2.05) is 51.1 Å². The van der Waals surface area contributed by atoms with Crippen molar-refractivity contribution >= 4 is 21.4 Å². The minimum atomic E-state index is -3.65. The van der Waals surface area contributed by atoms with E-state index in [4.69, 9.17) is 4.52 Å². The number of hydrogen-bond donors (Lipinski definition) is 0. The van der Waals surface area contributed by atoms with Gasteiger partial charge in [0.2, 0.25) is 5.91 Å². The van der Waals surface area contributed by atoms with Crippen LogP contribution in [-0.2, 0) is 14.6 Å². The van der Waals surface area contributed by atoms with Gasteiger partial charge in [-0.05, 0) is 51.5 Å². The van der Waals surface area contributed by atoms with E-state index in [2.05, 4.69) is 5.16 Å². The molecule has 0 radical (unpaired) electrons. The van der Waals surface area contributed by atoms with Crippen molar-refractivity contribution in [2.45, 2.75) is 39.0 Å². The van der Waals surface area contributed by atoms with E-state index in [9.17, 15) is 13.2 Å². The van der Waals surface area contributed by atoms with Gasteiger partial charge in [-0.3, -0.25) is 4.79 Å². The minimum absolute atomic E-state index is 0.100. The quantitative estimate of drug-likeness (QED) is 0.583. The minimum Gasteiger partial charge on any atom is -0.356 e. The summed E-state index contributed by atoms with van der Waals surface area (Å²) in [6.45, 7) is 7.44. The molecule has 158 valence electrons. The standard InChI is InChI=1S/C23H26N2O4S/c1-15-6-10-20(11-7-15)25(5)22(26)12-13-30(27,28)21-14-19(9-8-16(21)2)23-17(3)18(4)24-29-23/h6-11,14H,12-13H2,1-5H3. The zero-order valence-corrected chi connectivity index (χ0v) is 18.7. The summed E-state index contributed by atoms with van der Waals surface area (Å²) in [5.74, 6) is 0.0397. The first-order chi connectivity index (χ1) is 14.1. The Morgan fingerprint density at radius 2 is 1.70 bits per heavy atom. The lowest BCUT2D eigenvalue weighted by molar-refractivity contribution is -0.117. The van der Waals surface area contributed by atoms with Gasteiger partial charge in [-0.25, -0.2) is 8.42 Å². The Balaban J connectivity index is 1.80. The Kier molecular flexibility index (Phi) is 6.12. The maximum atomic E-state index is 13.0. The fraction of sp³-hybridized carbons (Fsp3) is 0.304. The van der Waals surface area contributed by atoms with Gasteiger partial charge in [0.25, 0.3) is 0 Å². The maximum absolute atomic E-state index is 13.0. The number of sulfone groups is 1. The Hall–Kier alpha value is -2.93. The molecule has 0 saturated heterocycles. The molecule has 1 aromatic heterocycles. The molecular weight excluding hydrogens is 400 g/mol. The number of carbonyl (C=O) groups excluding carboxylic acids is 1. The molecule has 2 aromatic carbocycles. The zero-order chi connectivity index (χ0) is 22.1. The number of hydrogen-bond acceptors (Lipinski definition) is 5. The first-order valence-corrected chi connectivity index (χ1v) is 11.4. The maximum Gasteiger partial charge on any atom is 0.227 e. The van der Waals surface area contributed by atoms with Crippen LogP contribution in [-0.4, -0.2) is 32.3 Å². The van der Waals surface area contributed by atoms with Gasteiger partial charge in [0.15, 0.2) is 15.6 Å². The topological polar surface area (TPSA) is 80.5 Å². The van der Waals surface area contributed by atoms with Crippen molar-refractivity contribution in [1.82, 2.24) is 5.16 Å². The average Bonchev–Trinajstić information content (AvgIpc) is 3.05. The van der Waals surface area contributed by atoms with Crippen molar-refractivity contribution < 1.29 is 17.7 Å². The van der Waals surface area contributed by atoms with Crippen LogP contribution in [0.15, 0.2) is 51.9 Å². The van der Waals surface area contributed by atoms with Crippen molar-refractivity contribution in [3.8, 4) is 11.3 Å². The predicted molar refractivity (Wildman–Crippen MR) is 117 cm³/mol. The highest BCUT2D eigenvalue weighted by Crippen LogP contribution is 2.29. The van der Waals surface area contributed by atoms with Gasteiger partial charge in [0.05, 0.1) is 16.3 Å². The fourth-order valence-corrected chi connectivity index (χ4v) is 4.70. The molecule has 1 heterocycles. The van der Waals surface area contributed by atoms with Gasteiger partial charge in [-0.15, -0.1) is 0 Å². The van der Waals surface area contributed by atoms with Gasteiger partial charge in [0.1, 0.15) is 0 Å². The molecule has 0 atom stereocenters. The summed E-state index contributed by atoms with van der Waals surface area (Å²) in [6, 6.07) is 12.7. The number of nitrogens with zero attached hydrogens (tertiary/aromatic N) is 2. The van der Waals surface area contributed by atoms with Gasteiger partial charge in [-0.1, -0.05) is 35.0 Å². The second kappa shape index (κ2) is 8.44. The lowest BCUT2D eigenvalue weighted by atomic mass is 10.1. The molecule has 1 amide bonds. The van der Waals surface area contributed by atoms with Gasteiger partial charge in [-0.2, -0.15) is 0 Å². The SMILES string of the molecule is Cc1ccc(N(C)C(=O)CCS(=O)(=O)c2cc(-c3onc(C)c3C)ccc2C)cc1. The summed E-state index contributed by atoms with van der Waals surface area (Å²) in [6.07, 6.45) is -0.100. The zero-order valence-electron chi connectivity index (χ0n) is 17.9. The number of aryl methyl sites for hydroxylation is 3. The second-order valence-corrected chi connectivity index (χ2v) is 9.64. The number of carbonyl (C=O) groups is 1. The van der Waals surface area contributed by atoms with E-state index in [0.29, 0.717) is 16.9 Å². The normalized spacial score (nSPS) is 11.5. The van der Waals surface area contributed by atoms with Gasteiger partial charge < -0.3 is 9.42 Å². The molecule has 7 heteroatoms. The molecule has 0 unspecified atom stereocenters. The van der Waals surface area contributed by atoms with Crippen molar-refractivity contribution in [3.63, 3.8) is 0 Å². The molecule has 0 spiro atoms. The van der Waals surface area contributed by atoms with Crippen LogP contribution in [0.4, 0.5) is 5.69 Å². The molecule has 0 N–H and O–H groups in total. The number of rotatable bonds is 6. The summed E-state index contributed by atoms with van der Waals surface area (Å²) < 4.78 is 31.4. The Morgan fingerprint density at radius 1 is 1.03 bits per heavy atom. The molecule has 0 aliphatic heterocycles. The number of anilines is 1. The van der Waals surface area contributed by atoms with Crippen LogP contribution in [0, 0.1) is 27.7 Å². The summed E-state index contributed by atoms with van der Waals surface area (Å²) in [7, 11) is -2.00. The molecule has 0 fully saturated rings. The van der Waals surface area contributed by atoms with Crippen LogP contribution in [0.2, 0.25) is 0 Å². The third-order valence-electron chi connectivity index (χ3n) is 5.32. The summed E-state index contributed by atoms with van der Waals surface area (Å²) in [5.41, 5.74) is 4.75. The highest BCUT2D eigenvalue weighted by atomic mass is 32.2. The van der Waals surface area contributed by atoms with E-state index in [1.165, 1.54) is 4.90 Å². The molecular formula is C23H26N2O4S. The largest absolute Gasteiger partial charge is 0.356 e. The smallest absolute Gasteiger partial charge is 0.227 e. The second-order valence-electron chi connectivity index (χ2n) is 7.56. The first-order valence-electron chi connectivity index (χ1n) is 9.70. The highest BCUT2D eigenvalue weighted by molar-refractivity contribution is 7.91. The Morgan fingerprint density at radius 3 is 2.30 bits per heavy atom.